The number of hydrogen-bond donors (Lipinski definition) is 0. The minimum Gasteiger partial charge on any atom is -0.309 e. The van der Waals surface area contributed by atoms with E-state index in [0.29, 0.717) is 0 Å². The number of hydrogen-bond acceptors (Lipinski definition) is 1. The molecular weight excluding hydrogens is 468 g/mol. The van der Waals surface area contributed by atoms with Crippen LogP contribution >= 0.6 is 15.9 Å². The predicted molar refractivity (Wildman–Crippen MR) is 143 cm³/mol. The molecular formula is C30H23BrN2. The van der Waals surface area contributed by atoms with Crippen molar-refractivity contribution in [3.63, 3.8) is 0 Å². The monoisotopic (exact) mass is 490 g/mol. The van der Waals surface area contributed by atoms with Gasteiger partial charge in [0.15, 0.2) is 0 Å². The zero-order valence-corrected chi connectivity index (χ0v) is 19.9. The first-order valence-electron chi connectivity index (χ1n) is 10.9. The largest absolute Gasteiger partial charge is 0.309 e. The van der Waals surface area contributed by atoms with E-state index in [1.54, 1.807) is 0 Å². The highest BCUT2D eigenvalue weighted by atomic mass is 79.9. The van der Waals surface area contributed by atoms with Gasteiger partial charge in [0.05, 0.1) is 17.1 Å². The molecule has 5 rings (SSSR count). The maximum atomic E-state index is 4.81. The highest BCUT2D eigenvalue weighted by Crippen LogP contribution is 2.36. The summed E-state index contributed by atoms with van der Waals surface area (Å²) in [4.78, 5) is 4.81. The van der Waals surface area contributed by atoms with Crippen LogP contribution in [-0.2, 0) is 0 Å². The topological polar surface area (TPSA) is 17.3 Å². The van der Waals surface area contributed by atoms with Crippen molar-refractivity contribution in [1.29, 1.82) is 0 Å². The van der Waals surface area contributed by atoms with Crippen LogP contribution in [0.2, 0.25) is 0 Å². The van der Waals surface area contributed by atoms with Gasteiger partial charge < -0.3 is 4.57 Å². The van der Waals surface area contributed by atoms with E-state index < -0.39 is 0 Å². The summed E-state index contributed by atoms with van der Waals surface area (Å²) in [5, 5.41) is 0. The van der Waals surface area contributed by atoms with Gasteiger partial charge in [-0.15, -0.1) is 0 Å². The van der Waals surface area contributed by atoms with Crippen molar-refractivity contribution < 1.29 is 0 Å². The smallest absolute Gasteiger partial charge is 0.0630 e. The maximum absolute atomic E-state index is 4.81. The second kappa shape index (κ2) is 9.43. The molecule has 0 aliphatic rings. The van der Waals surface area contributed by atoms with Crippen LogP contribution < -0.4 is 0 Å². The fraction of sp³-hybridized carbons (Fsp3) is 0.0333. The normalized spacial score (nSPS) is 11.2. The fourth-order valence-corrected chi connectivity index (χ4v) is 4.24. The van der Waals surface area contributed by atoms with E-state index in [2.05, 4.69) is 137 Å². The first-order chi connectivity index (χ1) is 16.2. The Morgan fingerprint density at radius 1 is 0.697 bits per heavy atom. The van der Waals surface area contributed by atoms with Crippen molar-refractivity contribution in [3.05, 3.63) is 131 Å². The van der Waals surface area contributed by atoms with Crippen molar-refractivity contribution in [2.75, 3.05) is 0 Å². The van der Waals surface area contributed by atoms with Crippen molar-refractivity contribution in [1.82, 2.24) is 4.57 Å². The molecule has 4 aromatic carbocycles. The van der Waals surface area contributed by atoms with Crippen LogP contribution in [0.5, 0.6) is 0 Å². The molecule has 5 aromatic rings. The number of nitrogens with zero attached hydrogens (tertiary/aromatic N) is 2. The Balaban J connectivity index is 1.76. The molecule has 0 bridgehead atoms. The van der Waals surface area contributed by atoms with Crippen LogP contribution in [0.15, 0.2) is 125 Å². The first kappa shape index (κ1) is 21.2. The highest BCUT2D eigenvalue weighted by Gasteiger charge is 2.18. The molecule has 0 aliphatic heterocycles. The molecule has 0 radical (unpaired) electrons. The summed E-state index contributed by atoms with van der Waals surface area (Å²) in [5.41, 5.74) is 8.90. The summed E-state index contributed by atoms with van der Waals surface area (Å²) >= 11 is 3.58. The molecule has 1 aromatic heterocycles. The average molecular weight is 491 g/mol. The highest BCUT2D eigenvalue weighted by molar-refractivity contribution is 9.10. The van der Waals surface area contributed by atoms with Crippen LogP contribution in [0.1, 0.15) is 11.1 Å². The molecule has 0 aliphatic carbocycles. The van der Waals surface area contributed by atoms with Gasteiger partial charge >= 0.3 is 0 Å². The molecule has 0 amide bonds. The molecule has 3 heteroatoms. The fourth-order valence-electron chi connectivity index (χ4n) is 3.97. The molecule has 0 saturated heterocycles. The quantitative estimate of drug-likeness (QED) is 0.219. The van der Waals surface area contributed by atoms with Gasteiger partial charge in [0.1, 0.15) is 0 Å². The van der Waals surface area contributed by atoms with E-state index >= 15 is 0 Å². The standard InChI is InChI=1S/C30H23BrN2/c1-22-12-16-27(17-13-22)32-21-25-20-29(23-8-4-2-5-9-23)33(28-18-14-26(31)15-19-28)30(25)24-10-6-3-7-11-24/h2-21H,1H3. The lowest BCUT2D eigenvalue weighted by molar-refractivity contribution is 1.09. The Bertz CT molecular complexity index is 1380. The molecule has 0 N–H and O–H groups in total. The zero-order valence-electron chi connectivity index (χ0n) is 18.3. The maximum Gasteiger partial charge on any atom is 0.0630 e. The van der Waals surface area contributed by atoms with Crippen LogP contribution in [0.25, 0.3) is 28.2 Å². The molecule has 0 atom stereocenters. The minimum absolute atomic E-state index is 0.942. The lowest BCUT2D eigenvalue weighted by Crippen LogP contribution is -2.00. The molecule has 1 heterocycles. The summed E-state index contributed by atoms with van der Waals surface area (Å²) < 4.78 is 3.38. The Hall–Kier alpha value is -3.69. The molecule has 33 heavy (non-hydrogen) atoms. The van der Waals surface area contributed by atoms with Crippen molar-refractivity contribution in [3.8, 4) is 28.2 Å². The predicted octanol–water partition coefficient (Wildman–Crippen LogP) is 8.63. The van der Waals surface area contributed by atoms with Crippen molar-refractivity contribution in [2.45, 2.75) is 6.92 Å². The summed E-state index contributed by atoms with van der Waals surface area (Å²) in [6, 6.07) is 40.0. The molecule has 0 fully saturated rings. The van der Waals surface area contributed by atoms with E-state index in [1.807, 2.05) is 12.3 Å². The second-order valence-electron chi connectivity index (χ2n) is 7.97. The van der Waals surface area contributed by atoms with Gasteiger partial charge in [0, 0.05) is 21.9 Å². The van der Waals surface area contributed by atoms with Crippen molar-refractivity contribution >= 4 is 27.8 Å². The van der Waals surface area contributed by atoms with Gasteiger partial charge in [-0.1, -0.05) is 94.3 Å². The summed E-state index contributed by atoms with van der Waals surface area (Å²) in [6.45, 7) is 2.09. The Labute approximate surface area is 203 Å². The van der Waals surface area contributed by atoms with Crippen LogP contribution in [0.4, 0.5) is 5.69 Å². The number of aromatic nitrogens is 1. The van der Waals surface area contributed by atoms with E-state index in [-0.39, 0.29) is 0 Å². The van der Waals surface area contributed by atoms with Crippen LogP contribution in [-0.4, -0.2) is 10.8 Å². The molecule has 160 valence electrons. The number of aliphatic imine (C=N–C) groups is 1. The van der Waals surface area contributed by atoms with Gasteiger partial charge in [0.2, 0.25) is 0 Å². The third-order valence-corrected chi connectivity index (χ3v) is 6.15. The second-order valence-corrected chi connectivity index (χ2v) is 8.89. The van der Waals surface area contributed by atoms with Gasteiger partial charge in [-0.3, -0.25) is 4.99 Å². The number of halogens is 1. The summed E-state index contributed by atoms with van der Waals surface area (Å²) in [7, 11) is 0. The Morgan fingerprint density at radius 2 is 1.30 bits per heavy atom. The zero-order chi connectivity index (χ0) is 22.6. The van der Waals surface area contributed by atoms with Gasteiger partial charge in [-0.2, -0.15) is 0 Å². The number of benzene rings is 4. The SMILES string of the molecule is Cc1ccc(N=Cc2cc(-c3ccccc3)n(-c3ccc(Br)cc3)c2-c2ccccc2)cc1. The van der Waals surface area contributed by atoms with E-state index in [4.69, 9.17) is 4.99 Å². The lowest BCUT2D eigenvalue weighted by atomic mass is 10.1. The average Bonchev–Trinajstić information content (AvgIpc) is 3.25. The van der Waals surface area contributed by atoms with Gasteiger partial charge in [-0.25, -0.2) is 0 Å². The van der Waals surface area contributed by atoms with Crippen molar-refractivity contribution in [2.24, 2.45) is 4.99 Å². The first-order valence-corrected chi connectivity index (χ1v) is 11.7. The third-order valence-electron chi connectivity index (χ3n) is 5.62. The number of rotatable bonds is 5. The lowest BCUT2D eigenvalue weighted by Gasteiger charge is -2.15. The Morgan fingerprint density at radius 3 is 1.94 bits per heavy atom. The third kappa shape index (κ3) is 4.59. The molecule has 0 unspecified atom stereocenters. The number of aryl methyl sites for hydroxylation is 1. The Kier molecular flexibility index (Phi) is 6.05. The van der Waals surface area contributed by atoms with E-state index in [0.717, 1.165) is 43.9 Å². The van der Waals surface area contributed by atoms with Crippen LogP contribution in [0, 0.1) is 6.92 Å². The van der Waals surface area contributed by atoms with E-state index in [1.165, 1.54) is 5.56 Å². The molecule has 0 spiro atoms. The minimum atomic E-state index is 0.942. The summed E-state index contributed by atoms with van der Waals surface area (Å²) in [6.07, 6.45) is 1.98. The molecule has 0 saturated carbocycles. The van der Waals surface area contributed by atoms with Crippen LogP contribution in [0.3, 0.4) is 0 Å². The van der Waals surface area contributed by atoms with Gasteiger partial charge in [-0.05, 0) is 60.5 Å². The summed E-state index contributed by atoms with van der Waals surface area (Å²) in [5.74, 6) is 0. The van der Waals surface area contributed by atoms with Gasteiger partial charge in [0.25, 0.3) is 0 Å². The molecule has 2 nitrogen and oxygen atoms in total. The van der Waals surface area contributed by atoms with E-state index in [9.17, 15) is 0 Å².